The summed E-state index contributed by atoms with van der Waals surface area (Å²) in [6.07, 6.45) is 1.62. The Hall–Kier alpha value is -1.02. The van der Waals surface area contributed by atoms with Crippen molar-refractivity contribution < 1.29 is 17.9 Å². The third-order valence-corrected chi connectivity index (χ3v) is 5.79. The van der Waals surface area contributed by atoms with E-state index in [1.165, 1.54) is 20.3 Å². The van der Waals surface area contributed by atoms with Crippen LogP contribution in [0.25, 0.3) is 0 Å². The maximum absolute atomic E-state index is 13.0. The highest BCUT2D eigenvalue weighted by molar-refractivity contribution is 7.89. The predicted molar refractivity (Wildman–Crippen MR) is 92.3 cm³/mol. The van der Waals surface area contributed by atoms with Gasteiger partial charge in [0, 0.05) is 25.2 Å². The molecule has 1 unspecified atom stereocenters. The fraction of sp³-hybridized carbons (Fsp3) is 0.600. The summed E-state index contributed by atoms with van der Waals surface area (Å²) >= 11 is 0. The van der Waals surface area contributed by atoms with Crippen LogP contribution in [-0.2, 0) is 10.0 Å². The maximum atomic E-state index is 13.0. The third kappa shape index (κ3) is 4.29. The summed E-state index contributed by atoms with van der Waals surface area (Å²) in [5.41, 5.74) is 0. The molecule has 1 atom stereocenters. The van der Waals surface area contributed by atoms with Crippen LogP contribution in [0.3, 0.4) is 0 Å². The molecule has 1 N–H and O–H groups in total. The molecule has 1 saturated heterocycles. The molecule has 8 heteroatoms. The van der Waals surface area contributed by atoms with Gasteiger partial charge in [0.25, 0.3) is 0 Å². The van der Waals surface area contributed by atoms with E-state index in [9.17, 15) is 8.42 Å². The van der Waals surface area contributed by atoms with E-state index in [1.807, 2.05) is 6.92 Å². The van der Waals surface area contributed by atoms with Crippen LogP contribution in [-0.4, -0.2) is 52.6 Å². The van der Waals surface area contributed by atoms with Crippen molar-refractivity contribution in [3.63, 3.8) is 0 Å². The molecule has 1 aromatic rings. The monoisotopic (exact) mass is 364 g/mol. The lowest BCUT2D eigenvalue weighted by atomic mass is 10.2. The average Bonchev–Trinajstić information content (AvgIpc) is 3.05. The Morgan fingerprint density at radius 2 is 1.96 bits per heavy atom. The van der Waals surface area contributed by atoms with Gasteiger partial charge in [-0.25, -0.2) is 8.42 Å². The van der Waals surface area contributed by atoms with E-state index in [2.05, 4.69) is 5.32 Å². The van der Waals surface area contributed by atoms with Crippen molar-refractivity contribution in [3.8, 4) is 11.5 Å². The van der Waals surface area contributed by atoms with Crippen molar-refractivity contribution in [1.82, 2.24) is 9.62 Å². The molecule has 1 aromatic carbocycles. The number of nitrogens with zero attached hydrogens (tertiary/aromatic N) is 1. The van der Waals surface area contributed by atoms with Gasteiger partial charge in [0.1, 0.15) is 0 Å². The number of halogens is 1. The average molecular weight is 365 g/mol. The van der Waals surface area contributed by atoms with E-state index in [-0.39, 0.29) is 23.3 Å². The minimum atomic E-state index is -3.55. The van der Waals surface area contributed by atoms with Crippen molar-refractivity contribution in [2.45, 2.75) is 30.7 Å². The van der Waals surface area contributed by atoms with E-state index in [0.29, 0.717) is 24.6 Å². The number of sulfonamides is 1. The molecule has 6 nitrogen and oxygen atoms in total. The molecular weight excluding hydrogens is 340 g/mol. The zero-order valence-corrected chi connectivity index (χ0v) is 15.4. The summed E-state index contributed by atoms with van der Waals surface area (Å²) in [6.45, 7) is 4.06. The van der Waals surface area contributed by atoms with Crippen molar-refractivity contribution >= 4 is 22.4 Å². The molecule has 1 fully saturated rings. The Morgan fingerprint density at radius 3 is 2.48 bits per heavy atom. The van der Waals surface area contributed by atoms with Gasteiger partial charge in [0.2, 0.25) is 10.0 Å². The van der Waals surface area contributed by atoms with Gasteiger partial charge in [0.15, 0.2) is 11.5 Å². The number of benzene rings is 1. The van der Waals surface area contributed by atoms with Crippen molar-refractivity contribution in [1.29, 1.82) is 0 Å². The van der Waals surface area contributed by atoms with Gasteiger partial charge in [-0.2, -0.15) is 4.31 Å². The van der Waals surface area contributed by atoms with Crippen LogP contribution >= 0.6 is 12.4 Å². The largest absolute Gasteiger partial charge is 0.493 e. The fourth-order valence-corrected chi connectivity index (χ4v) is 4.48. The first-order valence-corrected chi connectivity index (χ1v) is 8.93. The molecule has 0 aliphatic carbocycles. The van der Waals surface area contributed by atoms with Crippen molar-refractivity contribution in [2.24, 2.45) is 0 Å². The number of hydrogen-bond donors (Lipinski definition) is 1. The molecule has 0 saturated carbocycles. The van der Waals surface area contributed by atoms with Gasteiger partial charge < -0.3 is 14.8 Å². The van der Waals surface area contributed by atoms with Crippen LogP contribution in [0.5, 0.6) is 11.5 Å². The van der Waals surface area contributed by atoms with Gasteiger partial charge in [-0.3, -0.25) is 0 Å². The highest BCUT2D eigenvalue weighted by atomic mass is 35.5. The second kappa shape index (κ2) is 8.73. The Labute approximate surface area is 144 Å². The van der Waals surface area contributed by atoms with Gasteiger partial charge in [-0.1, -0.05) is 6.92 Å². The van der Waals surface area contributed by atoms with Gasteiger partial charge in [0.05, 0.1) is 19.1 Å². The molecule has 1 aliphatic rings. The van der Waals surface area contributed by atoms with E-state index in [1.54, 1.807) is 16.4 Å². The number of rotatable bonds is 7. The Morgan fingerprint density at radius 1 is 1.26 bits per heavy atom. The molecule has 2 rings (SSSR count). The van der Waals surface area contributed by atoms with Crippen LogP contribution in [0.2, 0.25) is 0 Å². The Kier molecular flexibility index (Phi) is 7.60. The van der Waals surface area contributed by atoms with Crippen LogP contribution in [0, 0.1) is 0 Å². The molecule has 0 amide bonds. The third-order valence-electron chi connectivity index (χ3n) is 3.85. The molecule has 1 aliphatic heterocycles. The van der Waals surface area contributed by atoms with Crippen LogP contribution in [0.4, 0.5) is 0 Å². The summed E-state index contributed by atoms with van der Waals surface area (Å²) in [6, 6.07) is 4.74. The molecule has 0 spiro atoms. The van der Waals surface area contributed by atoms with Gasteiger partial charge in [-0.05, 0) is 31.5 Å². The maximum Gasteiger partial charge on any atom is 0.243 e. The number of ether oxygens (including phenoxy) is 2. The summed E-state index contributed by atoms with van der Waals surface area (Å²) in [4.78, 5) is 0.241. The van der Waals surface area contributed by atoms with E-state index in [4.69, 9.17) is 9.47 Å². The standard InChI is InChI=1S/C15H24N2O4S.ClH/c1-4-9-17(12-7-8-16-11-12)22(18,19)13-5-6-14(20-2)15(10-13)21-3;/h5-6,10,12,16H,4,7-9,11H2,1-3H3;1H. The summed E-state index contributed by atoms with van der Waals surface area (Å²) in [5, 5.41) is 3.22. The lowest BCUT2D eigenvalue weighted by Gasteiger charge is -2.27. The zero-order valence-electron chi connectivity index (χ0n) is 13.7. The van der Waals surface area contributed by atoms with E-state index in [0.717, 1.165) is 19.4 Å². The number of methoxy groups -OCH3 is 2. The highest BCUT2D eigenvalue weighted by Gasteiger charge is 2.33. The van der Waals surface area contributed by atoms with E-state index >= 15 is 0 Å². The topological polar surface area (TPSA) is 67.9 Å². The molecule has 23 heavy (non-hydrogen) atoms. The lowest BCUT2D eigenvalue weighted by molar-refractivity contribution is 0.333. The van der Waals surface area contributed by atoms with Crippen molar-refractivity contribution in [3.05, 3.63) is 18.2 Å². The van der Waals surface area contributed by atoms with Crippen LogP contribution < -0.4 is 14.8 Å². The number of nitrogens with one attached hydrogen (secondary N) is 1. The van der Waals surface area contributed by atoms with Gasteiger partial charge >= 0.3 is 0 Å². The fourth-order valence-electron chi connectivity index (χ4n) is 2.72. The summed E-state index contributed by atoms with van der Waals surface area (Å²) < 4.78 is 37.9. The Bertz CT molecular complexity index is 603. The predicted octanol–water partition coefficient (Wildman–Crippen LogP) is 1.89. The van der Waals surface area contributed by atoms with Crippen LogP contribution in [0.1, 0.15) is 19.8 Å². The first-order chi connectivity index (χ1) is 10.5. The molecule has 0 radical (unpaired) electrons. The minimum Gasteiger partial charge on any atom is -0.493 e. The molecule has 132 valence electrons. The normalized spacial score (nSPS) is 17.8. The van der Waals surface area contributed by atoms with Crippen LogP contribution in [0.15, 0.2) is 23.1 Å². The molecule has 0 aromatic heterocycles. The smallest absolute Gasteiger partial charge is 0.243 e. The first-order valence-electron chi connectivity index (χ1n) is 7.49. The first kappa shape index (κ1) is 20.0. The second-order valence-electron chi connectivity index (χ2n) is 5.28. The lowest BCUT2D eigenvalue weighted by Crippen LogP contribution is -2.42. The van der Waals surface area contributed by atoms with E-state index < -0.39 is 10.0 Å². The second-order valence-corrected chi connectivity index (χ2v) is 7.17. The number of hydrogen-bond acceptors (Lipinski definition) is 5. The summed E-state index contributed by atoms with van der Waals surface area (Å²) in [5.74, 6) is 0.940. The SMILES string of the molecule is CCCN(C1CCNC1)S(=O)(=O)c1ccc(OC)c(OC)c1.Cl. The van der Waals surface area contributed by atoms with Gasteiger partial charge in [-0.15, -0.1) is 12.4 Å². The minimum absolute atomic E-state index is 0. The molecule has 1 heterocycles. The molecular formula is C15H25ClN2O4S. The Balaban J connectivity index is 0.00000264. The van der Waals surface area contributed by atoms with Crippen molar-refractivity contribution in [2.75, 3.05) is 33.9 Å². The molecule has 0 bridgehead atoms. The highest BCUT2D eigenvalue weighted by Crippen LogP contribution is 2.31. The quantitative estimate of drug-likeness (QED) is 0.800. The zero-order chi connectivity index (χ0) is 16.2. The summed E-state index contributed by atoms with van der Waals surface area (Å²) in [7, 11) is -0.520.